The first-order valence-electron chi connectivity index (χ1n) is 9.58. The topological polar surface area (TPSA) is 97.4 Å². The second-order valence-corrected chi connectivity index (χ2v) is 9.35. The van der Waals surface area contributed by atoms with Crippen molar-refractivity contribution in [2.45, 2.75) is 11.8 Å². The van der Waals surface area contributed by atoms with E-state index in [1.807, 2.05) is 13.0 Å². The molecule has 4 aromatic rings. The summed E-state index contributed by atoms with van der Waals surface area (Å²) >= 11 is 1.28. The molecule has 10 heteroatoms. The van der Waals surface area contributed by atoms with Gasteiger partial charge in [0, 0.05) is 0 Å². The molecule has 32 heavy (non-hydrogen) atoms. The highest BCUT2D eigenvalue weighted by Crippen LogP contribution is 2.30. The molecule has 164 valence electrons. The predicted molar refractivity (Wildman–Crippen MR) is 122 cm³/mol. The van der Waals surface area contributed by atoms with Gasteiger partial charge < -0.3 is 4.74 Å². The van der Waals surface area contributed by atoms with E-state index in [2.05, 4.69) is 15.0 Å². The van der Waals surface area contributed by atoms with Crippen molar-refractivity contribution in [3.05, 3.63) is 78.1 Å². The molecule has 0 saturated carbocycles. The number of nitrogens with one attached hydrogen (secondary N) is 2. The summed E-state index contributed by atoms with van der Waals surface area (Å²) in [6, 6.07) is 16.1. The van der Waals surface area contributed by atoms with Crippen molar-refractivity contribution < 1.29 is 22.3 Å². The van der Waals surface area contributed by atoms with Crippen LogP contribution in [0.3, 0.4) is 0 Å². The van der Waals surface area contributed by atoms with Crippen LogP contribution in [0, 0.1) is 5.82 Å². The molecule has 0 atom stereocenters. The van der Waals surface area contributed by atoms with E-state index < -0.39 is 21.7 Å². The Morgan fingerprint density at radius 2 is 1.84 bits per heavy atom. The number of benzene rings is 3. The number of aromatic nitrogens is 1. The molecule has 1 heterocycles. The molecule has 0 unspecified atom stereocenters. The summed E-state index contributed by atoms with van der Waals surface area (Å²) in [6.07, 6.45) is 0. The number of anilines is 2. The first-order chi connectivity index (χ1) is 15.4. The molecule has 0 spiro atoms. The SMILES string of the molecule is CCOc1ccc2nc(NC(=O)c3ccccc3NS(=O)(=O)c3ccc(F)cc3)sc2c1. The summed E-state index contributed by atoms with van der Waals surface area (Å²) in [7, 11) is -4.01. The highest BCUT2D eigenvalue weighted by molar-refractivity contribution is 7.92. The van der Waals surface area contributed by atoms with Crippen molar-refractivity contribution in [2.75, 3.05) is 16.6 Å². The molecule has 0 radical (unpaired) electrons. The summed E-state index contributed by atoms with van der Waals surface area (Å²) in [5.74, 6) is -0.360. The van der Waals surface area contributed by atoms with E-state index >= 15 is 0 Å². The van der Waals surface area contributed by atoms with Gasteiger partial charge in [-0.05, 0) is 61.5 Å². The fraction of sp³-hybridized carbons (Fsp3) is 0.0909. The van der Waals surface area contributed by atoms with Crippen molar-refractivity contribution in [2.24, 2.45) is 0 Å². The number of amides is 1. The molecular weight excluding hydrogens is 453 g/mol. The molecule has 0 fully saturated rings. The summed E-state index contributed by atoms with van der Waals surface area (Å²) < 4.78 is 47.2. The van der Waals surface area contributed by atoms with Crippen LogP contribution in [0.25, 0.3) is 10.2 Å². The number of sulfonamides is 1. The zero-order chi connectivity index (χ0) is 22.7. The number of carbonyl (C=O) groups is 1. The van der Waals surface area contributed by atoms with E-state index in [4.69, 9.17) is 4.74 Å². The molecular formula is C22H18FN3O4S2. The van der Waals surface area contributed by atoms with E-state index in [1.165, 1.54) is 23.5 Å². The lowest BCUT2D eigenvalue weighted by atomic mass is 10.2. The van der Waals surface area contributed by atoms with Crippen molar-refractivity contribution >= 4 is 48.3 Å². The van der Waals surface area contributed by atoms with Crippen LogP contribution in [0.4, 0.5) is 15.2 Å². The minimum atomic E-state index is -4.01. The zero-order valence-electron chi connectivity index (χ0n) is 16.8. The highest BCUT2D eigenvalue weighted by atomic mass is 32.2. The number of thiazole rings is 1. The van der Waals surface area contributed by atoms with Gasteiger partial charge in [0.2, 0.25) is 0 Å². The largest absolute Gasteiger partial charge is 0.494 e. The monoisotopic (exact) mass is 471 g/mol. The minimum absolute atomic E-state index is 0.0917. The third-order valence-electron chi connectivity index (χ3n) is 4.43. The van der Waals surface area contributed by atoms with Gasteiger partial charge in [0.25, 0.3) is 15.9 Å². The van der Waals surface area contributed by atoms with Crippen LogP contribution in [0.5, 0.6) is 5.75 Å². The lowest BCUT2D eigenvalue weighted by molar-refractivity contribution is 0.102. The van der Waals surface area contributed by atoms with E-state index in [0.717, 1.165) is 29.0 Å². The molecule has 0 aliphatic carbocycles. The third-order valence-corrected chi connectivity index (χ3v) is 6.75. The number of nitrogens with zero attached hydrogens (tertiary/aromatic N) is 1. The van der Waals surface area contributed by atoms with Gasteiger partial charge in [-0.2, -0.15) is 0 Å². The Morgan fingerprint density at radius 1 is 1.09 bits per heavy atom. The van der Waals surface area contributed by atoms with Crippen LogP contribution in [0.15, 0.2) is 71.6 Å². The van der Waals surface area contributed by atoms with Crippen molar-refractivity contribution in [1.29, 1.82) is 0 Å². The third kappa shape index (κ3) is 4.71. The quantitative estimate of drug-likeness (QED) is 0.400. The van der Waals surface area contributed by atoms with Crippen LogP contribution in [-0.4, -0.2) is 25.9 Å². The first-order valence-corrected chi connectivity index (χ1v) is 11.9. The number of fused-ring (bicyclic) bond motifs is 1. The number of carbonyl (C=O) groups excluding carboxylic acids is 1. The Balaban J connectivity index is 1.57. The zero-order valence-corrected chi connectivity index (χ0v) is 18.5. The van der Waals surface area contributed by atoms with Gasteiger partial charge in [0.05, 0.1) is 33.0 Å². The Morgan fingerprint density at radius 3 is 2.59 bits per heavy atom. The van der Waals surface area contributed by atoms with Crippen LogP contribution in [0.1, 0.15) is 17.3 Å². The van der Waals surface area contributed by atoms with Crippen LogP contribution >= 0.6 is 11.3 Å². The average Bonchev–Trinajstić information content (AvgIpc) is 3.16. The van der Waals surface area contributed by atoms with Gasteiger partial charge in [0.1, 0.15) is 11.6 Å². The second-order valence-electron chi connectivity index (χ2n) is 6.64. The summed E-state index contributed by atoms with van der Waals surface area (Å²) in [5, 5.41) is 3.09. The summed E-state index contributed by atoms with van der Waals surface area (Å²) in [4.78, 5) is 17.2. The van der Waals surface area contributed by atoms with Gasteiger partial charge in [-0.1, -0.05) is 23.5 Å². The molecule has 0 saturated heterocycles. The molecule has 0 bridgehead atoms. The molecule has 1 amide bonds. The maximum atomic E-state index is 13.1. The van der Waals surface area contributed by atoms with Gasteiger partial charge in [-0.3, -0.25) is 14.8 Å². The van der Waals surface area contributed by atoms with E-state index in [9.17, 15) is 17.6 Å². The smallest absolute Gasteiger partial charge is 0.261 e. The standard InChI is InChI=1S/C22H18FN3O4S2/c1-2-30-15-9-12-19-20(13-15)31-22(24-19)25-21(27)17-5-3-4-6-18(17)26-32(28,29)16-10-7-14(23)8-11-16/h3-13,26H,2H2,1H3,(H,24,25,27). The second kappa shape index (κ2) is 8.93. The Labute approximate surface area is 187 Å². The molecule has 3 aromatic carbocycles. The molecule has 1 aromatic heterocycles. The van der Waals surface area contributed by atoms with Crippen molar-refractivity contribution in [3.8, 4) is 5.75 Å². The summed E-state index contributed by atoms with van der Waals surface area (Å²) in [6.45, 7) is 2.43. The van der Waals surface area contributed by atoms with E-state index in [0.29, 0.717) is 23.0 Å². The van der Waals surface area contributed by atoms with Gasteiger partial charge >= 0.3 is 0 Å². The molecule has 4 rings (SSSR count). The van der Waals surface area contributed by atoms with Gasteiger partial charge in [-0.15, -0.1) is 0 Å². The predicted octanol–water partition coefficient (Wildman–Crippen LogP) is 4.89. The number of halogens is 1. The van der Waals surface area contributed by atoms with Gasteiger partial charge in [-0.25, -0.2) is 17.8 Å². The number of ether oxygens (including phenoxy) is 1. The average molecular weight is 472 g/mol. The number of rotatable bonds is 7. The summed E-state index contributed by atoms with van der Waals surface area (Å²) in [5.41, 5.74) is 0.917. The molecule has 7 nitrogen and oxygen atoms in total. The number of hydrogen-bond donors (Lipinski definition) is 2. The van der Waals surface area contributed by atoms with Crippen LogP contribution in [-0.2, 0) is 10.0 Å². The lowest BCUT2D eigenvalue weighted by Gasteiger charge is -2.12. The Kier molecular flexibility index (Phi) is 6.06. The Bertz CT molecular complexity index is 1390. The normalized spacial score (nSPS) is 11.3. The maximum absolute atomic E-state index is 13.1. The Hall–Kier alpha value is -3.50. The van der Waals surface area contributed by atoms with Gasteiger partial charge in [0.15, 0.2) is 5.13 Å². The number of para-hydroxylation sites is 1. The fourth-order valence-electron chi connectivity index (χ4n) is 2.97. The molecule has 0 aliphatic heterocycles. The van der Waals surface area contributed by atoms with Crippen molar-refractivity contribution in [1.82, 2.24) is 4.98 Å². The van der Waals surface area contributed by atoms with Crippen LogP contribution < -0.4 is 14.8 Å². The fourth-order valence-corrected chi connectivity index (χ4v) is 4.94. The first kappa shape index (κ1) is 21.7. The van der Waals surface area contributed by atoms with E-state index in [-0.39, 0.29) is 16.1 Å². The van der Waals surface area contributed by atoms with Crippen molar-refractivity contribution in [3.63, 3.8) is 0 Å². The minimum Gasteiger partial charge on any atom is -0.494 e. The molecule has 0 aliphatic rings. The van der Waals surface area contributed by atoms with E-state index in [1.54, 1.807) is 24.3 Å². The van der Waals surface area contributed by atoms with Crippen LogP contribution in [0.2, 0.25) is 0 Å². The number of hydrogen-bond acceptors (Lipinski definition) is 6. The highest BCUT2D eigenvalue weighted by Gasteiger charge is 2.19. The maximum Gasteiger partial charge on any atom is 0.261 e. The lowest BCUT2D eigenvalue weighted by Crippen LogP contribution is -2.18. The molecule has 2 N–H and O–H groups in total.